The molecule has 32 heavy (non-hydrogen) atoms. The summed E-state index contributed by atoms with van der Waals surface area (Å²) in [6.45, 7) is 0. The molecule has 0 aliphatic heterocycles. The van der Waals surface area contributed by atoms with Crippen molar-refractivity contribution in [2.24, 2.45) is 0 Å². The molecule has 0 radical (unpaired) electrons. The van der Waals surface area contributed by atoms with E-state index in [-0.39, 0.29) is 0 Å². The minimum atomic E-state index is 0.847. The lowest BCUT2D eigenvalue weighted by Gasteiger charge is -2.04. The number of alkyl halides is 2. The topological polar surface area (TPSA) is 0 Å². The highest BCUT2D eigenvalue weighted by atomic mass is 127. The van der Waals surface area contributed by atoms with Gasteiger partial charge in [0.15, 0.2) is 0 Å². The van der Waals surface area contributed by atoms with E-state index in [2.05, 4.69) is 22.6 Å². The zero-order valence-electron chi connectivity index (χ0n) is 22.0. The van der Waals surface area contributed by atoms with Crippen LogP contribution in [0.4, 0.5) is 0 Å². The Hall–Kier alpha value is 1.02. The van der Waals surface area contributed by atoms with Gasteiger partial charge in [-0.25, -0.2) is 0 Å². The summed E-state index contributed by atoms with van der Waals surface area (Å²) in [5.41, 5.74) is 0. The Morgan fingerprint density at radius 2 is 0.406 bits per heavy atom. The maximum atomic E-state index is 5.71. The molecule has 0 aromatic heterocycles. The van der Waals surface area contributed by atoms with E-state index < -0.39 is 0 Å². The lowest BCUT2D eigenvalue weighted by Crippen LogP contribution is -1.85. The fraction of sp³-hybridized carbons (Fsp3) is 1.00. The van der Waals surface area contributed by atoms with E-state index in [0.29, 0.717) is 0 Å². The molecule has 0 saturated heterocycles. The zero-order chi connectivity index (χ0) is 23.2. The van der Waals surface area contributed by atoms with Crippen LogP contribution in [-0.4, -0.2) is 10.3 Å². The predicted octanol–water partition coefficient (Wildman–Crippen LogP) is 12.6. The number of halogens is 2. The van der Waals surface area contributed by atoms with Crippen molar-refractivity contribution in [3.63, 3.8) is 0 Å². The van der Waals surface area contributed by atoms with Crippen molar-refractivity contribution in [3.05, 3.63) is 0 Å². The van der Waals surface area contributed by atoms with Crippen LogP contribution in [0.1, 0.15) is 180 Å². The molecule has 0 aliphatic rings. The molecular formula is C30H60ClI. The molecule has 0 aromatic carbocycles. The van der Waals surface area contributed by atoms with Crippen LogP contribution >= 0.6 is 34.2 Å². The summed E-state index contributed by atoms with van der Waals surface area (Å²) in [5.74, 6) is 0.847. The highest BCUT2D eigenvalue weighted by Crippen LogP contribution is 2.16. The molecular weight excluding hydrogens is 523 g/mol. The molecule has 0 unspecified atom stereocenters. The van der Waals surface area contributed by atoms with E-state index in [1.165, 1.54) is 184 Å². The maximum Gasteiger partial charge on any atom is 0.0223 e. The van der Waals surface area contributed by atoms with Gasteiger partial charge in [-0.1, -0.05) is 190 Å². The van der Waals surface area contributed by atoms with Crippen molar-refractivity contribution in [3.8, 4) is 0 Å². The maximum absolute atomic E-state index is 5.71. The van der Waals surface area contributed by atoms with E-state index >= 15 is 0 Å². The molecule has 0 bridgehead atoms. The third kappa shape index (κ3) is 31.0. The van der Waals surface area contributed by atoms with Crippen molar-refractivity contribution in [2.45, 2.75) is 180 Å². The minimum Gasteiger partial charge on any atom is -0.127 e. The fourth-order valence-corrected chi connectivity index (χ4v) is 5.51. The van der Waals surface area contributed by atoms with Gasteiger partial charge in [0, 0.05) is 5.88 Å². The number of hydrogen-bond acceptors (Lipinski definition) is 0. The molecule has 0 nitrogen and oxygen atoms in total. The van der Waals surface area contributed by atoms with Crippen LogP contribution in [0.2, 0.25) is 0 Å². The van der Waals surface area contributed by atoms with Crippen LogP contribution in [0, 0.1) is 0 Å². The molecule has 0 spiro atoms. The molecule has 0 atom stereocenters. The van der Waals surface area contributed by atoms with E-state index in [1.807, 2.05) is 0 Å². The first kappa shape index (κ1) is 33.0. The second-order valence-electron chi connectivity index (χ2n) is 10.3. The van der Waals surface area contributed by atoms with Gasteiger partial charge in [-0.2, -0.15) is 0 Å². The van der Waals surface area contributed by atoms with E-state index in [9.17, 15) is 0 Å². The van der Waals surface area contributed by atoms with Gasteiger partial charge >= 0.3 is 0 Å². The Kier molecular flexibility index (Phi) is 33.0. The van der Waals surface area contributed by atoms with Gasteiger partial charge in [0.25, 0.3) is 0 Å². The zero-order valence-corrected chi connectivity index (χ0v) is 24.9. The third-order valence-electron chi connectivity index (χ3n) is 7.02. The first-order valence-electron chi connectivity index (χ1n) is 15.0. The molecule has 194 valence electrons. The third-order valence-corrected chi connectivity index (χ3v) is 8.05. The molecule has 0 aliphatic carbocycles. The SMILES string of the molecule is ClCCCCCCCCCCCCCCCCCCCCCCCCCCCCCCI. The van der Waals surface area contributed by atoms with Crippen LogP contribution in [0.15, 0.2) is 0 Å². The lowest BCUT2D eigenvalue weighted by atomic mass is 10.0. The second kappa shape index (κ2) is 32.0. The van der Waals surface area contributed by atoms with E-state index in [0.717, 1.165) is 5.88 Å². The summed E-state index contributed by atoms with van der Waals surface area (Å²) in [7, 11) is 0. The smallest absolute Gasteiger partial charge is 0.0223 e. The van der Waals surface area contributed by atoms with Crippen LogP contribution in [0.25, 0.3) is 0 Å². The largest absolute Gasteiger partial charge is 0.127 e. The number of rotatable bonds is 29. The van der Waals surface area contributed by atoms with Gasteiger partial charge in [-0.3, -0.25) is 0 Å². The lowest BCUT2D eigenvalue weighted by molar-refractivity contribution is 0.514. The normalized spacial score (nSPS) is 11.4. The highest BCUT2D eigenvalue weighted by molar-refractivity contribution is 14.1. The molecule has 0 heterocycles. The molecule has 0 rings (SSSR count). The first-order chi connectivity index (χ1) is 15.9. The molecule has 2 heteroatoms. The fourth-order valence-electron chi connectivity index (χ4n) is 4.79. The molecule has 0 saturated carbocycles. The van der Waals surface area contributed by atoms with Gasteiger partial charge in [0.05, 0.1) is 0 Å². The Balaban J connectivity index is 2.98. The summed E-state index contributed by atoms with van der Waals surface area (Å²) in [4.78, 5) is 0. The Morgan fingerprint density at radius 1 is 0.250 bits per heavy atom. The van der Waals surface area contributed by atoms with Crippen molar-refractivity contribution >= 4 is 34.2 Å². The molecule has 0 N–H and O–H groups in total. The standard InChI is InChI=1S/C30H60ClI/c31-29-27-25-23-21-19-17-15-13-11-9-7-5-3-1-2-4-6-8-10-12-14-16-18-20-22-24-26-28-30-32/h1-30H2. The number of unbranched alkanes of at least 4 members (excludes halogenated alkanes) is 27. The summed E-state index contributed by atoms with van der Waals surface area (Å²) < 4.78 is 1.34. The second-order valence-corrected chi connectivity index (χ2v) is 11.7. The van der Waals surface area contributed by atoms with E-state index in [1.54, 1.807) is 0 Å². The Labute approximate surface area is 223 Å². The summed E-state index contributed by atoms with van der Waals surface area (Å²) in [6.07, 6.45) is 40.8. The van der Waals surface area contributed by atoms with Crippen molar-refractivity contribution in [2.75, 3.05) is 10.3 Å². The predicted molar refractivity (Wildman–Crippen MR) is 159 cm³/mol. The molecule has 0 aromatic rings. The Bertz CT molecular complexity index is 277. The summed E-state index contributed by atoms with van der Waals surface area (Å²) in [6, 6.07) is 0. The highest BCUT2D eigenvalue weighted by Gasteiger charge is 1.96. The van der Waals surface area contributed by atoms with Gasteiger partial charge in [-0.05, 0) is 17.3 Å². The van der Waals surface area contributed by atoms with Gasteiger partial charge in [-0.15, -0.1) is 11.6 Å². The van der Waals surface area contributed by atoms with Crippen molar-refractivity contribution in [1.29, 1.82) is 0 Å². The van der Waals surface area contributed by atoms with Gasteiger partial charge in [0.1, 0.15) is 0 Å². The van der Waals surface area contributed by atoms with Crippen LogP contribution < -0.4 is 0 Å². The van der Waals surface area contributed by atoms with Crippen molar-refractivity contribution < 1.29 is 0 Å². The quantitative estimate of drug-likeness (QED) is 0.0467. The summed E-state index contributed by atoms with van der Waals surface area (Å²) >= 11 is 8.21. The van der Waals surface area contributed by atoms with E-state index in [4.69, 9.17) is 11.6 Å². The minimum absolute atomic E-state index is 0.847. The average molecular weight is 583 g/mol. The first-order valence-corrected chi connectivity index (χ1v) is 17.1. The van der Waals surface area contributed by atoms with Crippen molar-refractivity contribution in [1.82, 2.24) is 0 Å². The van der Waals surface area contributed by atoms with Crippen LogP contribution in [0.3, 0.4) is 0 Å². The van der Waals surface area contributed by atoms with Gasteiger partial charge < -0.3 is 0 Å². The van der Waals surface area contributed by atoms with Crippen LogP contribution in [0.5, 0.6) is 0 Å². The Morgan fingerprint density at radius 3 is 0.562 bits per heavy atom. The van der Waals surface area contributed by atoms with Gasteiger partial charge in [0.2, 0.25) is 0 Å². The van der Waals surface area contributed by atoms with Crippen LogP contribution in [-0.2, 0) is 0 Å². The molecule has 0 amide bonds. The molecule has 0 fully saturated rings. The summed E-state index contributed by atoms with van der Waals surface area (Å²) in [5, 5.41) is 0. The number of hydrogen-bond donors (Lipinski definition) is 0. The average Bonchev–Trinajstić information content (AvgIpc) is 2.81. The monoisotopic (exact) mass is 582 g/mol.